The molecule has 1 N–H and O–H groups in total. The maximum Gasteiger partial charge on any atom is 0.107 e. The predicted molar refractivity (Wildman–Crippen MR) is 36.8 cm³/mol. The molecule has 2 atom stereocenters. The van der Waals surface area contributed by atoms with Crippen molar-refractivity contribution in [3.63, 3.8) is 0 Å². The van der Waals surface area contributed by atoms with Gasteiger partial charge in [0.05, 0.1) is 0 Å². The van der Waals surface area contributed by atoms with Crippen LogP contribution in [-0.2, 0) is 0 Å². The summed E-state index contributed by atoms with van der Waals surface area (Å²) in [5, 5.41) is 9.04. The Hall–Kier alpha value is -0.0800. The van der Waals surface area contributed by atoms with Crippen molar-refractivity contribution < 1.29 is 5.11 Å². The molecule has 2 heteroatoms. The average Bonchev–Trinajstić information content (AvgIpc) is 2.13. The fraction of sp³-hybridized carbons (Fsp3) is 0.857. The quantitative estimate of drug-likeness (QED) is 0.559. The summed E-state index contributed by atoms with van der Waals surface area (Å²) in [5.74, 6) is 0. The first-order valence-electron chi connectivity index (χ1n) is 3.48. The van der Waals surface area contributed by atoms with Gasteiger partial charge in [-0.1, -0.05) is 0 Å². The third-order valence-corrected chi connectivity index (χ3v) is 1.99. The number of hydrogen-bond acceptors (Lipinski definition) is 2. The Balaban J connectivity index is 2.40. The Bertz CT molecular complexity index is 92.9. The fourth-order valence-electron chi connectivity index (χ4n) is 1.40. The Morgan fingerprint density at radius 2 is 2.44 bits per heavy atom. The topological polar surface area (TPSA) is 23.5 Å². The molecule has 1 saturated heterocycles. The van der Waals surface area contributed by atoms with Crippen molar-refractivity contribution in [2.24, 2.45) is 0 Å². The molecule has 1 rings (SSSR count). The van der Waals surface area contributed by atoms with Crippen molar-refractivity contribution in [1.29, 1.82) is 0 Å². The molecule has 53 valence electrons. The second-order valence-corrected chi connectivity index (χ2v) is 2.71. The summed E-state index contributed by atoms with van der Waals surface area (Å²) < 4.78 is 0. The molecule has 1 radical (unpaired) electrons. The monoisotopic (exact) mass is 128 g/mol. The Kier molecular flexibility index (Phi) is 2.09. The van der Waals surface area contributed by atoms with Crippen LogP contribution in [0.25, 0.3) is 0 Å². The van der Waals surface area contributed by atoms with Gasteiger partial charge in [-0.15, -0.1) is 0 Å². The minimum Gasteiger partial charge on any atom is -0.378 e. The van der Waals surface area contributed by atoms with Crippen LogP contribution in [0.5, 0.6) is 0 Å². The molecule has 9 heavy (non-hydrogen) atoms. The number of aliphatic hydroxyl groups is 1. The Morgan fingerprint density at radius 3 is 2.67 bits per heavy atom. The van der Waals surface area contributed by atoms with Crippen LogP contribution in [0, 0.1) is 6.92 Å². The summed E-state index contributed by atoms with van der Waals surface area (Å²) >= 11 is 0. The van der Waals surface area contributed by atoms with E-state index < -0.39 is 6.23 Å². The average molecular weight is 128 g/mol. The molecule has 1 aliphatic rings. The van der Waals surface area contributed by atoms with Gasteiger partial charge in [0, 0.05) is 12.6 Å². The molecule has 0 aromatic carbocycles. The smallest absolute Gasteiger partial charge is 0.107 e. The first-order valence-corrected chi connectivity index (χ1v) is 3.48. The van der Waals surface area contributed by atoms with Crippen molar-refractivity contribution in [3.8, 4) is 0 Å². The van der Waals surface area contributed by atoms with E-state index in [1.807, 2.05) is 4.90 Å². The van der Waals surface area contributed by atoms with E-state index in [2.05, 4.69) is 13.8 Å². The van der Waals surface area contributed by atoms with Crippen molar-refractivity contribution in [1.82, 2.24) is 4.90 Å². The van der Waals surface area contributed by atoms with Crippen LogP contribution >= 0.6 is 0 Å². The van der Waals surface area contributed by atoms with Crippen molar-refractivity contribution in [3.05, 3.63) is 6.92 Å². The van der Waals surface area contributed by atoms with Crippen LogP contribution in [0.2, 0.25) is 0 Å². The zero-order valence-electron chi connectivity index (χ0n) is 5.88. The number of aliphatic hydroxyl groups excluding tert-OH is 1. The summed E-state index contributed by atoms with van der Waals surface area (Å²) in [6.07, 6.45) is 1.91. The van der Waals surface area contributed by atoms with E-state index in [0.717, 1.165) is 6.54 Å². The molecule has 0 bridgehead atoms. The highest BCUT2D eigenvalue weighted by Gasteiger charge is 2.22. The first kappa shape index (κ1) is 7.03. The molecule has 1 heterocycles. The third kappa shape index (κ3) is 1.43. The minimum absolute atomic E-state index is 0.498. The van der Waals surface area contributed by atoms with E-state index in [1.165, 1.54) is 12.8 Å². The third-order valence-electron chi connectivity index (χ3n) is 1.99. The van der Waals surface area contributed by atoms with Crippen LogP contribution in [0.1, 0.15) is 19.8 Å². The van der Waals surface area contributed by atoms with E-state index in [0.29, 0.717) is 6.04 Å². The lowest BCUT2D eigenvalue weighted by Crippen LogP contribution is -2.35. The SMILES string of the molecule is [CH2]C(O)N1CCC[C@H]1C. The van der Waals surface area contributed by atoms with Crippen LogP contribution in [0.4, 0.5) is 0 Å². The number of likely N-dealkylation sites (tertiary alicyclic amines) is 1. The van der Waals surface area contributed by atoms with Gasteiger partial charge in [-0.25, -0.2) is 0 Å². The number of hydrogen-bond donors (Lipinski definition) is 1. The lowest BCUT2D eigenvalue weighted by Gasteiger charge is -2.23. The molecule has 0 saturated carbocycles. The van der Waals surface area contributed by atoms with Gasteiger partial charge in [0.25, 0.3) is 0 Å². The van der Waals surface area contributed by atoms with Gasteiger partial charge in [-0.2, -0.15) is 0 Å². The van der Waals surface area contributed by atoms with Gasteiger partial charge >= 0.3 is 0 Å². The van der Waals surface area contributed by atoms with Gasteiger partial charge in [-0.3, -0.25) is 4.90 Å². The molecule has 1 aliphatic heterocycles. The molecule has 0 aliphatic carbocycles. The minimum atomic E-state index is -0.498. The second-order valence-electron chi connectivity index (χ2n) is 2.71. The second kappa shape index (κ2) is 2.67. The summed E-state index contributed by atoms with van der Waals surface area (Å²) in [6.45, 7) is 6.68. The fourth-order valence-corrected chi connectivity index (χ4v) is 1.40. The van der Waals surface area contributed by atoms with E-state index in [4.69, 9.17) is 5.11 Å². The van der Waals surface area contributed by atoms with Gasteiger partial charge in [0.2, 0.25) is 0 Å². The van der Waals surface area contributed by atoms with Crippen molar-refractivity contribution in [2.75, 3.05) is 6.54 Å². The molecule has 2 nitrogen and oxygen atoms in total. The summed E-state index contributed by atoms with van der Waals surface area (Å²) in [6, 6.07) is 0.525. The van der Waals surface area contributed by atoms with E-state index in [1.54, 1.807) is 0 Å². The van der Waals surface area contributed by atoms with Crippen LogP contribution in [0.3, 0.4) is 0 Å². The van der Waals surface area contributed by atoms with Gasteiger partial charge in [-0.05, 0) is 26.7 Å². The van der Waals surface area contributed by atoms with Crippen LogP contribution < -0.4 is 0 Å². The maximum absolute atomic E-state index is 9.04. The molecule has 0 spiro atoms. The van der Waals surface area contributed by atoms with E-state index >= 15 is 0 Å². The Labute approximate surface area is 56.5 Å². The summed E-state index contributed by atoms with van der Waals surface area (Å²) in [5.41, 5.74) is 0. The van der Waals surface area contributed by atoms with Crippen LogP contribution in [0.15, 0.2) is 0 Å². The maximum atomic E-state index is 9.04. The van der Waals surface area contributed by atoms with Gasteiger partial charge in [0.15, 0.2) is 0 Å². The van der Waals surface area contributed by atoms with E-state index in [-0.39, 0.29) is 0 Å². The normalized spacial score (nSPS) is 33.0. The lowest BCUT2D eigenvalue weighted by atomic mass is 10.2. The van der Waals surface area contributed by atoms with Crippen molar-refractivity contribution in [2.45, 2.75) is 32.0 Å². The summed E-state index contributed by atoms with van der Waals surface area (Å²) in [7, 11) is 0. The molecule has 1 fully saturated rings. The number of rotatable bonds is 1. The molecule has 0 aromatic heterocycles. The highest BCUT2D eigenvalue weighted by Crippen LogP contribution is 2.17. The first-order chi connectivity index (χ1) is 4.22. The predicted octanol–water partition coefficient (Wildman–Crippen LogP) is 0.623. The molecular weight excluding hydrogens is 114 g/mol. The molecular formula is C7H14NO. The van der Waals surface area contributed by atoms with Gasteiger partial charge < -0.3 is 5.11 Å². The lowest BCUT2D eigenvalue weighted by molar-refractivity contribution is 0.0349. The molecule has 0 amide bonds. The van der Waals surface area contributed by atoms with E-state index in [9.17, 15) is 0 Å². The van der Waals surface area contributed by atoms with Crippen molar-refractivity contribution >= 4 is 0 Å². The van der Waals surface area contributed by atoms with Gasteiger partial charge in [0.1, 0.15) is 6.23 Å². The highest BCUT2D eigenvalue weighted by molar-refractivity contribution is 4.77. The molecule has 0 aromatic rings. The summed E-state index contributed by atoms with van der Waals surface area (Å²) in [4.78, 5) is 2.01. The molecule has 1 unspecified atom stereocenters. The number of nitrogens with zero attached hydrogens (tertiary/aromatic N) is 1. The zero-order valence-corrected chi connectivity index (χ0v) is 5.88. The largest absolute Gasteiger partial charge is 0.378 e. The van der Waals surface area contributed by atoms with Crippen LogP contribution in [-0.4, -0.2) is 28.8 Å². The Morgan fingerprint density at radius 1 is 1.78 bits per heavy atom. The standard InChI is InChI=1S/C7H14NO/c1-6-4-3-5-8(6)7(2)9/h6-7,9H,2-5H2,1H3/t6-,7?/m1/s1. The highest BCUT2D eigenvalue weighted by atomic mass is 16.3. The zero-order chi connectivity index (χ0) is 6.85.